The molecule has 0 saturated heterocycles. The van der Waals surface area contributed by atoms with Gasteiger partial charge in [-0.1, -0.05) is 25.0 Å². The lowest BCUT2D eigenvalue weighted by molar-refractivity contribution is 0.0888. The molecule has 1 atom stereocenters. The number of halogens is 1. The Bertz CT molecular complexity index is 871. The van der Waals surface area contributed by atoms with Crippen LogP contribution in [0.5, 0.6) is 0 Å². The van der Waals surface area contributed by atoms with Gasteiger partial charge in [0.05, 0.1) is 6.04 Å². The highest BCUT2D eigenvalue weighted by Crippen LogP contribution is 2.36. The van der Waals surface area contributed by atoms with E-state index in [1.54, 1.807) is 12.1 Å². The number of carbonyl (C=O) groups is 1. The molecule has 1 unspecified atom stereocenters. The van der Waals surface area contributed by atoms with E-state index in [1.807, 2.05) is 0 Å². The van der Waals surface area contributed by atoms with Gasteiger partial charge in [-0.15, -0.1) is 0 Å². The first-order chi connectivity index (χ1) is 12.4. The lowest BCUT2D eigenvalue weighted by Gasteiger charge is -2.25. The standard InChI is InChI=1S/C18H21FN2O4S/c1-20-26(23,24)16-11-10-15(25-16)18(22)21-17(12-4-2-3-5-12)13-6-8-14(19)9-7-13/h6-12,17,20H,2-5H2,1H3,(H,21,22). The Hall–Kier alpha value is -2.19. The molecule has 0 radical (unpaired) electrons. The molecule has 0 aliphatic heterocycles. The summed E-state index contributed by atoms with van der Waals surface area (Å²) in [5, 5.41) is 2.61. The number of amides is 1. The zero-order chi connectivity index (χ0) is 18.7. The summed E-state index contributed by atoms with van der Waals surface area (Å²) in [7, 11) is -2.48. The van der Waals surface area contributed by atoms with E-state index in [-0.39, 0.29) is 28.6 Å². The third-order valence-electron chi connectivity index (χ3n) is 4.73. The van der Waals surface area contributed by atoms with Gasteiger partial charge in [0, 0.05) is 0 Å². The Morgan fingerprint density at radius 1 is 1.15 bits per heavy atom. The van der Waals surface area contributed by atoms with Crippen LogP contribution in [0, 0.1) is 11.7 Å². The van der Waals surface area contributed by atoms with Crippen LogP contribution < -0.4 is 10.0 Å². The summed E-state index contributed by atoms with van der Waals surface area (Å²) in [6.07, 6.45) is 4.12. The van der Waals surface area contributed by atoms with E-state index in [2.05, 4.69) is 10.0 Å². The minimum absolute atomic E-state index is 0.0797. The zero-order valence-electron chi connectivity index (χ0n) is 14.4. The van der Waals surface area contributed by atoms with Crippen LogP contribution in [-0.2, 0) is 10.0 Å². The van der Waals surface area contributed by atoms with Gasteiger partial charge < -0.3 is 9.73 Å². The molecule has 2 aromatic rings. The van der Waals surface area contributed by atoms with Crippen molar-refractivity contribution in [1.82, 2.24) is 10.0 Å². The van der Waals surface area contributed by atoms with Crippen molar-refractivity contribution < 1.29 is 22.0 Å². The second-order valence-electron chi connectivity index (χ2n) is 6.37. The molecule has 1 aromatic carbocycles. The van der Waals surface area contributed by atoms with Crippen molar-refractivity contribution in [3.63, 3.8) is 0 Å². The van der Waals surface area contributed by atoms with Crippen LogP contribution >= 0.6 is 0 Å². The molecule has 1 fully saturated rings. The number of hydrogen-bond acceptors (Lipinski definition) is 4. The summed E-state index contributed by atoms with van der Waals surface area (Å²) in [6, 6.07) is 8.36. The van der Waals surface area contributed by atoms with E-state index in [9.17, 15) is 17.6 Å². The van der Waals surface area contributed by atoms with Crippen molar-refractivity contribution in [2.45, 2.75) is 36.8 Å². The number of nitrogens with one attached hydrogen (secondary N) is 2. The van der Waals surface area contributed by atoms with Crippen molar-refractivity contribution in [3.05, 3.63) is 53.5 Å². The van der Waals surface area contributed by atoms with Crippen molar-refractivity contribution in [1.29, 1.82) is 0 Å². The molecule has 1 amide bonds. The number of furan rings is 1. The predicted octanol–water partition coefficient (Wildman–Crippen LogP) is 2.99. The number of hydrogen-bond donors (Lipinski definition) is 2. The molecule has 140 valence electrons. The third kappa shape index (κ3) is 3.96. The van der Waals surface area contributed by atoms with Crippen LogP contribution in [-0.4, -0.2) is 21.4 Å². The van der Waals surface area contributed by atoms with E-state index in [4.69, 9.17) is 4.42 Å². The van der Waals surface area contributed by atoms with Crippen LogP contribution in [0.3, 0.4) is 0 Å². The van der Waals surface area contributed by atoms with Gasteiger partial charge in [0.2, 0.25) is 5.09 Å². The van der Waals surface area contributed by atoms with E-state index < -0.39 is 15.9 Å². The average molecular weight is 380 g/mol. The highest BCUT2D eigenvalue weighted by atomic mass is 32.2. The fraction of sp³-hybridized carbons (Fsp3) is 0.389. The quantitative estimate of drug-likeness (QED) is 0.806. The molecular weight excluding hydrogens is 359 g/mol. The lowest BCUT2D eigenvalue weighted by atomic mass is 9.91. The minimum Gasteiger partial charge on any atom is -0.438 e. The van der Waals surface area contributed by atoms with E-state index >= 15 is 0 Å². The molecule has 6 nitrogen and oxygen atoms in total. The van der Waals surface area contributed by atoms with E-state index in [0.29, 0.717) is 0 Å². The van der Waals surface area contributed by atoms with Crippen molar-refractivity contribution in [2.75, 3.05) is 7.05 Å². The van der Waals surface area contributed by atoms with Crippen LogP contribution in [0.1, 0.15) is 47.8 Å². The molecule has 0 bridgehead atoms. The fourth-order valence-corrected chi connectivity index (χ4v) is 3.98. The molecule has 26 heavy (non-hydrogen) atoms. The Morgan fingerprint density at radius 3 is 2.42 bits per heavy atom. The largest absolute Gasteiger partial charge is 0.438 e. The Labute approximate surface area is 151 Å². The molecule has 1 saturated carbocycles. The van der Waals surface area contributed by atoms with E-state index in [0.717, 1.165) is 31.2 Å². The van der Waals surface area contributed by atoms with Gasteiger partial charge in [0.1, 0.15) is 5.82 Å². The van der Waals surface area contributed by atoms with E-state index in [1.165, 1.54) is 31.3 Å². The van der Waals surface area contributed by atoms with Gasteiger partial charge in [0.15, 0.2) is 5.76 Å². The van der Waals surface area contributed by atoms with Gasteiger partial charge in [-0.3, -0.25) is 4.79 Å². The van der Waals surface area contributed by atoms with Crippen molar-refractivity contribution in [3.8, 4) is 0 Å². The first-order valence-corrected chi connectivity index (χ1v) is 9.99. The van der Waals surface area contributed by atoms with Crippen LogP contribution in [0.25, 0.3) is 0 Å². The average Bonchev–Trinajstić information content (AvgIpc) is 3.32. The number of carbonyl (C=O) groups excluding carboxylic acids is 1. The maximum absolute atomic E-state index is 13.2. The van der Waals surface area contributed by atoms with Crippen molar-refractivity contribution >= 4 is 15.9 Å². The minimum atomic E-state index is -3.75. The summed E-state index contributed by atoms with van der Waals surface area (Å²) in [4.78, 5) is 12.6. The second-order valence-corrected chi connectivity index (χ2v) is 8.19. The highest BCUT2D eigenvalue weighted by Gasteiger charge is 2.29. The fourth-order valence-electron chi connectivity index (χ4n) is 3.33. The van der Waals surface area contributed by atoms with Crippen LogP contribution in [0.4, 0.5) is 4.39 Å². The van der Waals surface area contributed by atoms with Crippen molar-refractivity contribution in [2.24, 2.45) is 5.92 Å². The lowest BCUT2D eigenvalue weighted by Crippen LogP contribution is -2.32. The topological polar surface area (TPSA) is 88.4 Å². The summed E-state index contributed by atoms with van der Waals surface area (Å²) in [6.45, 7) is 0. The predicted molar refractivity (Wildman–Crippen MR) is 93.5 cm³/mol. The highest BCUT2D eigenvalue weighted by molar-refractivity contribution is 7.89. The van der Waals surface area contributed by atoms with Crippen LogP contribution in [0.2, 0.25) is 0 Å². The number of benzene rings is 1. The summed E-state index contributed by atoms with van der Waals surface area (Å²) in [5.41, 5.74) is 0.821. The SMILES string of the molecule is CNS(=O)(=O)c1ccc(C(=O)NC(c2ccc(F)cc2)C2CCCC2)o1. The monoisotopic (exact) mass is 380 g/mol. The molecule has 2 N–H and O–H groups in total. The maximum Gasteiger partial charge on any atom is 0.287 e. The van der Waals surface area contributed by atoms with Gasteiger partial charge in [-0.2, -0.15) is 0 Å². The molecule has 8 heteroatoms. The Balaban J connectivity index is 1.82. The molecule has 1 aliphatic rings. The molecule has 1 aliphatic carbocycles. The molecule has 0 spiro atoms. The molecule has 1 heterocycles. The Morgan fingerprint density at radius 2 is 1.81 bits per heavy atom. The van der Waals surface area contributed by atoms with Crippen LogP contribution in [0.15, 0.2) is 45.9 Å². The first-order valence-electron chi connectivity index (χ1n) is 8.50. The van der Waals surface area contributed by atoms with Gasteiger partial charge >= 0.3 is 0 Å². The normalized spacial score (nSPS) is 16.5. The second kappa shape index (κ2) is 7.59. The zero-order valence-corrected chi connectivity index (χ0v) is 15.2. The van der Waals surface area contributed by atoms with Gasteiger partial charge in [-0.05, 0) is 55.6 Å². The molecule has 1 aromatic heterocycles. The Kier molecular flexibility index (Phi) is 5.43. The number of rotatable bonds is 6. The third-order valence-corrected chi connectivity index (χ3v) is 6.01. The summed E-state index contributed by atoms with van der Waals surface area (Å²) >= 11 is 0. The number of sulfonamides is 1. The van der Waals surface area contributed by atoms with Gasteiger partial charge in [0.25, 0.3) is 15.9 Å². The first kappa shape index (κ1) is 18.6. The summed E-state index contributed by atoms with van der Waals surface area (Å²) in [5.74, 6) is -0.661. The smallest absolute Gasteiger partial charge is 0.287 e. The maximum atomic E-state index is 13.2. The summed E-state index contributed by atoms with van der Waals surface area (Å²) < 4.78 is 44.1. The molecule has 3 rings (SSSR count). The van der Waals surface area contributed by atoms with Gasteiger partial charge in [-0.25, -0.2) is 17.5 Å². The molecular formula is C18H21FN2O4S.